The third-order valence-corrected chi connectivity index (χ3v) is 9.53. The normalized spacial score (nSPS) is 27.0. The van der Waals surface area contributed by atoms with E-state index in [1.54, 1.807) is 0 Å². The minimum absolute atomic E-state index is 0.0415. The summed E-state index contributed by atoms with van der Waals surface area (Å²) in [5.74, 6) is 2.33. The second kappa shape index (κ2) is 12.9. The van der Waals surface area contributed by atoms with Crippen LogP contribution in [-0.4, -0.2) is 6.29 Å². The largest absolute Gasteiger partial charge is 0.303 e. The number of carbonyl (C=O) groups is 1. The second-order valence-electron chi connectivity index (χ2n) is 11.8. The van der Waals surface area contributed by atoms with Crippen molar-refractivity contribution in [3.05, 3.63) is 59.7 Å². The quantitative estimate of drug-likeness (QED) is 0.235. The van der Waals surface area contributed by atoms with Crippen molar-refractivity contribution in [2.24, 2.45) is 11.3 Å². The third kappa shape index (κ3) is 6.87. The molecular weight excluding hydrogens is 424 g/mol. The molecule has 2 saturated carbocycles. The van der Waals surface area contributed by atoms with Crippen molar-refractivity contribution in [3.63, 3.8) is 0 Å². The van der Waals surface area contributed by atoms with Crippen LogP contribution in [0.1, 0.15) is 133 Å². The van der Waals surface area contributed by atoms with E-state index < -0.39 is 0 Å². The molecule has 0 aliphatic heterocycles. The minimum Gasteiger partial charge on any atom is -0.303 e. The predicted octanol–water partition coefficient (Wildman–Crippen LogP) is 10.2. The highest BCUT2D eigenvalue weighted by Gasteiger charge is 2.35. The number of hydrogen-bond donors (Lipinski definition) is 0. The average Bonchev–Trinajstić information content (AvgIpc) is 2.93. The number of rotatable bonds is 11. The zero-order valence-electron chi connectivity index (χ0n) is 22.4. The Bertz CT molecular complexity index is 877. The third-order valence-electron chi connectivity index (χ3n) is 9.53. The fourth-order valence-corrected chi connectivity index (χ4v) is 6.83. The van der Waals surface area contributed by atoms with Crippen LogP contribution in [0.15, 0.2) is 48.5 Å². The molecule has 2 aliphatic rings. The van der Waals surface area contributed by atoms with Gasteiger partial charge in [0.2, 0.25) is 0 Å². The van der Waals surface area contributed by atoms with E-state index >= 15 is 0 Å². The minimum atomic E-state index is -0.0415. The first-order valence-corrected chi connectivity index (χ1v) is 14.8. The zero-order chi connectivity index (χ0) is 24.5. The molecule has 190 valence electrons. The van der Waals surface area contributed by atoms with Gasteiger partial charge in [0.1, 0.15) is 6.29 Å². The van der Waals surface area contributed by atoms with Crippen molar-refractivity contribution in [2.75, 3.05) is 0 Å². The fraction of sp³-hybridized carbons (Fsp3) is 0.618. The van der Waals surface area contributed by atoms with Gasteiger partial charge in [-0.15, -0.1) is 0 Å². The Hall–Kier alpha value is -1.89. The molecule has 2 fully saturated rings. The van der Waals surface area contributed by atoms with Gasteiger partial charge in [-0.25, -0.2) is 0 Å². The van der Waals surface area contributed by atoms with Gasteiger partial charge in [0, 0.05) is 5.41 Å². The number of benzene rings is 2. The van der Waals surface area contributed by atoms with E-state index in [-0.39, 0.29) is 5.41 Å². The highest BCUT2D eigenvalue weighted by Crippen LogP contribution is 2.45. The summed E-state index contributed by atoms with van der Waals surface area (Å²) in [7, 11) is 0. The smallest absolute Gasteiger partial charge is 0.126 e. The predicted molar refractivity (Wildman–Crippen MR) is 150 cm³/mol. The molecular formula is C34H48O. The fourth-order valence-electron chi connectivity index (χ4n) is 6.83. The molecule has 0 aromatic heterocycles. The van der Waals surface area contributed by atoms with Crippen molar-refractivity contribution in [3.8, 4) is 11.1 Å². The first kappa shape index (κ1) is 26.2. The maximum absolute atomic E-state index is 12.0. The number of unbranched alkanes of at least 4 members (excludes halogenated alkanes) is 4. The Labute approximate surface area is 215 Å². The Morgan fingerprint density at radius 1 is 0.686 bits per heavy atom. The summed E-state index contributed by atoms with van der Waals surface area (Å²) < 4.78 is 0. The lowest BCUT2D eigenvalue weighted by Gasteiger charge is -2.36. The highest BCUT2D eigenvalue weighted by molar-refractivity contribution is 5.64. The maximum atomic E-state index is 12.0. The molecule has 0 radical (unpaired) electrons. The van der Waals surface area contributed by atoms with Crippen molar-refractivity contribution in [2.45, 2.75) is 122 Å². The second-order valence-corrected chi connectivity index (χ2v) is 11.8. The van der Waals surface area contributed by atoms with Gasteiger partial charge in [0.25, 0.3) is 0 Å². The summed E-state index contributed by atoms with van der Waals surface area (Å²) in [5.41, 5.74) is 5.60. The summed E-state index contributed by atoms with van der Waals surface area (Å²) in [4.78, 5) is 12.0. The van der Waals surface area contributed by atoms with Crippen LogP contribution in [0.3, 0.4) is 0 Å². The molecule has 1 nitrogen and oxygen atoms in total. The molecule has 0 heterocycles. The number of hydrogen-bond acceptors (Lipinski definition) is 1. The summed E-state index contributed by atoms with van der Waals surface area (Å²) >= 11 is 0. The molecule has 4 rings (SSSR count). The van der Waals surface area contributed by atoms with Gasteiger partial charge in [-0.05, 0) is 97.8 Å². The summed E-state index contributed by atoms with van der Waals surface area (Å²) in [5, 5.41) is 0. The molecule has 0 bridgehead atoms. The molecule has 35 heavy (non-hydrogen) atoms. The SMILES string of the molecule is CCCCCCCC1(C=O)CCC(c2ccc(-c3ccc(C4CCC(CC)CC4)cc3)cc2)CC1. The van der Waals surface area contributed by atoms with Gasteiger partial charge < -0.3 is 4.79 Å². The number of carbonyl (C=O) groups excluding carboxylic acids is 1. The summed E-state index contributed by atoms with van der Waals surface area (Å²) in [6.45, 7) is 4.60. The van der Waals surface area contributed by atoms with Crippen molar-refractivity contribution >= 4 is 6.29 Å². The summed E-state index contributed by atoms with van der Waals surface area (Å²) in [6, 6.07) is 18.7. The van der Waals surface area contributed by atoms with E-state index in [0.29, 0.717) is 5.92 Å². The van der Waals surface area contributed by atoms with E-state index in [1.165, 1.54) is 92.7 Å². The highest BCUT2D eigenvalue weighted by atomic mass is 16.1. The number of aldehydes is 1. The lowest BCUT2D eigenvalue weighted by Crippen LogP contribution is -2.28. The van der Waals surface area contributed by atoms with Crippen LogP contribution in [0.4, 0.5) is 0 Å². The molecule has 0 atom stereocenters. The van der Waals surface area contributed by atoms with Crippen molar-refractivity contribution < 1.29 is 4.79 Å². The van der Waals surface area contributed by atoms with Crippen LogP contribution >= 0.6 is 0 Å². The average molecular weight is 473 g/mol. The standard InChI is InChI=1S/C34H48O/c1-3-5-6-7-8-23-34(26-35)24-21-33(22-25-34)32-19-17-31(18-20-32)30-15-13-29(14-16-30)28-11-9-27(4-2)10-12-28/h13-20,26-28,33H,3-12,21-25H2,1-2H3. The van der Waals surface area contributed by atoms with Gasteiger partial charge in [-0.2, -0.15) is 0 Å². The van der Waals surface area contributed by atoms with E-state index in [0.717, 1.165) is 43.9 Å². The Balaban J connectivity index is 1.29. The molecule has 1 heteroatoms. The van der Waals surface area contributed by atoms with Gasteiger partial charge >= 0.3 is 0 Å². The zero-order valence-corrected chi connectivity index (χ0v) is 22.4. The van der Waals surface area contributed by atoms with Crippen LogP contribution in [-0.2, 0) is 4.79 Å². The van der Waals surface area contributed by atoms with Crippen LogP contribution < -0.4 is 0 Å². The van der Waals surface area contributed by atoms with Gasteiger partial charge in [-0.1, -0.05) is 101 Å². The van der Waals surface area contributed by atoms with E-state index in [1.807, 2.05) is 0 Å². The molecule has 0 saturated heterocycles. The molecule has 2 aromatic carbocycles. The summed E-state index contributed by atoms with van der Waals surface area (Å²) in [6.07, 6.45) is 20.2. The molecule has 0 unspecified atom stereocenters. The lowest BCUT2D eigenvalue weighted by atomic mass is 9.67. The first-order valence-electron chi connectivity index (χ1n) is 14.8. The Kier molecular flexibility index (Phi) is 9.64. The molecule has 0 spiro atoms. The first-order chi connectivity index (χ1) is 17.2. The molecule has 0 amide bonds. The van der Waals surface area contributed by atoms with Crippen LogP contribution in [0.25, 0.3) is 11.1 Å². The van der Waals surface area contributed by atoms with Gasteiger partial charge in [0.05, 0.1) is 0 Å². The van der Waals surface area contributed by atoms with E-state index in [2.05, 4.69) is 62.4 Å². The van der Waals surface area contributed by atoms with Crippen molar-refractivity contribution in [1.82, 2.24) is 0 Å². The molecule has 2 aromatic rings. The van der Waals surface area contributed by atoms with E-state index in [9.17, 15) is 4.79 Å². The van der Waals surface area contributed by atoms with Crippen molar-refractivity contribution in [1.29, 1.82) is 0 Å². The molecule has 2 aliphatic carbocycles. The maximum Gasteiger partial charge on any atom is 0.126 e. The Morgan fingerprint density at radius 2 is 1.20 bits per heavy atom. The lowest BCUT2D eigenvalue weighted by molar-refractivity contribution is -0.118. The monoisotopic (exact) mass is 472 g/mol. The van der Waals surface area contributed by atoms with Crippen LogP contribution in [0, 0.1) is 11.3 Å². The molecule has 0 N–H and O–H groups in total. The van der Waals surface area contributed by atoms with Crippen LogP contribution in [0.5, 0.6) is 0 Å². The van der Waals surface area contributed by atoms with E-state index in [4.69, 9.17) is 0 Å². The topological polar surface area (TPSA) is 17.1 Å². The van der Waals surface area contributed by atoms with Gasteiger partial charge in [-0.3, -0.25) is 0 Å². The van der Waals surface area contributed by atoms with Crippen LogP contribution in [0.2, 0.25) is 0 Å². The Morgan fingerprint density at radius 3 is 1.69 bits per heavy atom. The van der Waals surface area contributed by atoms with Gasteiger partial charge in [0.15, 0.2) is 0 Å².